The zero-order valence-electron chi connectivity index (χ0n) is 14.5. The first-order valence-corrected chi connectivity index (χ1v) is 8.03. The highest BCUT2D eigenvalue weighted by Crippen LogP contribution is 2.35. The van der Waals surface area contributed by atoms with Crippen molar-refractivity contribution in [1.29, 1.82) is 0 Å². The van der Waals surface area contributed by atoms with Gasteiger partial charge in [0.15, 0.2) is 5.78 Å². The number of carbonyl (C=O) groups excluding carboxylic acids is 2. The van der Waals surface area contributed by atoms with Crippen molar-refractivity contribution in [2.75, 3.05) is 0 Å². The molecule has 2 rings (SSSR count). The Balaban J connectivity index is 2.50. The lowest BCUT2D eigenvalue weighted by atomic mass is 9.89. The van der Waals surface area contributed by atoms with Gasteiger partial charge in [-0.1, -0.05) is 39.8 Å². The van der Waals surface area contributed by atoms with E-state index in [-0.39, 0.29) is 23.4 Å². The fourth-order valence-corrected chi connectivity index (χ4v) is 2.64. The number of nitrogens with two attached hydrogens (primary N) is 1. The van der Waals surface area contributed by atoms with Gasteiger partial charge in [0.05, 0.1) is 0 Å². The van der Waals surface area contributed by atoms with Crippen LogP contribution in [0.1, 0.15) is 76.9 Å². The molecule has 0 saturated heterocycles. The van der Waals surface area contributed by atoms with E-state index in [4.69, 9.17) is 5.73 Å². The van der Waals surface area contributed by atoms with Crippen molar-refractivity contribution in [3.63, 3.8) is 0 Å². The van der Waals surface area contributed by atoms with E-state index in [1.807, 2.05) is 27.7 Å². The SMILES string of the molecule is CC(C)c1cc(C(=O)c2ccc(C(N)=O)cc2)cc(C(C)C)c1O. The van der Waals surface area contributed by atoms with Gasteiger partial charge in [0.2, 0.25) is 5.91 Å². The molecule has 0 bridgehead atoms. The summed E-state index contributed by atoms with van der Waals surface area (Å²) in [6, 6.07) is 9.77. The van der Waals surface area contributed by atoms with Gasteiger partial charge in [-0.3, -0.25) is 9.59 Å². The van der Waals surface area contributed by atoms with Crippen LogP contribution in [0.5, 0.6) is 5.75 Å². The van der Waals surface area contributed by atoms with E-state index in [0.29, 0.717) is 16.7 Å². The van der Waals surface area contributed by atoms with Gasteiger partial charge in [-0.15, -0.1) is 0 Å². The maximum Gasteiger partial charge on any atom is 0.248 e. The summed E-state index contributed by atoms with van der Waals surface area (Å²) >= 11 is 0. The lowest BCUT2D eigenvalue weighted by Crippen LogP contribution is -2.11. The molecule has 0 unspecified atom stereocenters. The van der Waals surface area contributed by atoms with E-state index in [0.717, 1.165) is 11.1 Å². The number of primary amides is 1. The van der Waals surface area contributed by atoms with Crippen LogP contribution in [-0.2, 0) is 0 Å². The molecule has 1 amide bonds. The topological polar surface area (TPSA) is 80.4 Å². The number of hydrogen-bond donors (Lipinski definition) is 2. The largest absolute Gasteiger partial charge is 0.507 e. The summed E-state index contributed by atoms with van der Waals surface area (Å²) in [5, 5.41) is 10.4. The van der Waals surface area contributed by atoms with Gasteiger partial charge >= 0.3 is 0 Å². The molecule has 0 radical (unpaired) electrons. The summed E-state index contributed by atoms with van der Waals surface area (Å²) in [4.78, 5) is 23.9. The number of phenolic OH excluding ortho intramolecular Hbond substituents is 1. The van der Waals surface area contributed by atoms with Crippen LogP contribution in [0, 0.1) is 0 Å². The van der Waals surface area contributed by atoms with Crippen molar-refractivity contribution < 1.29 is 14.7 Å². The Hall–Kier alpha value is -2.62. The van der Waals surface area contributed by atoms with Crippen molar-refractivity contribution >= 4 is 11.7 Å². The van der Waals surface area contributed by atoms with Crippen LogP contribution in [0.2, 0.25) is 0 Å². The lowest BCUT2D eigenvalue weighted by molar-refractivity contribution is 0.0996. The van der Waals surface area contributed by atoms with Gasteiger partial charge in [-0.2, -0.15) is 0 Å². The second kappa shape index (κ2) is 6.87. The summed E-state index contributed by atoms with van der Waals surface area (Å²) < 4.78 is 0. The van der Waals surface area contributed by atoms with Gasteiger partial charge in [0.25, 0.3) is 0 Å². The van der Waals surface area contributed by atoms with Crippen LogP contribution < -0.4 is 5.73 Å². The smallest absolute Gasteiger partial charge is 0.248 e. The van der Waals surface area contributed by atoms with Gasteiger partial charge in [0, 0.05) is 16.7 Å². The number of amides is 1. The molecule has 0 fully saturated rings. The Morgan fingerprint density at radius 1 is 0.833 bits per heavy atom. The third-order valence-corrected chi connectivity index (χ3v) is 4.11. The Kier molecular flexibility index (Phi) is 5.07. The van der Waals surface area contributed by atoms with E-state index < -0.39 is 5.91 Å². The van der Waals surface area contributed by atoms with Crippen LogP contribution in [0.25, 0.3) is 0 Å². The average molecular weight is 325 g/mol. The summed E-state index contributed by atoms with van der Waals surface area (Å²) in [7, 11) is 0. The minimum Gasteiger partial charge on any atom is -0.507 e. The summed E-state index contributed by atoms with van der Waals surface area (Å²) in [6.45, 7) is 7.92. The minimum absolute atomic E-state index is 0.104. The standard InChI is InChI=1S/C20H23NO3/c1-11(2)16-9-15(10-17(12(3)4)19(16)23)18(22)13-5-7-14(8-6-13)20(21)24/h5-12,23H,1-4H3,(H2,21,24). The Morgan fingerprint density at radius 2 is 1.25 bits per heavy atom. The normalized spacial score (nSPS) is 11.1. The molecule has 0 atom stereocenters. The van der Waals surface area contributed by atoms with E-state index in [1.54, 1.807) is 36.4 Å². The summed E-state index contributed by atoms with van der Waals surface area (Å²) in [5.74, 6) is -0.196. The number of benzene rings is 2. The lowest BCUT2D eigenvalue weighted by Gasteiger charge is -2.17. The molecule has 0 heterocycles. The first kappa shape index (κ1) is 17.7. The third kappa shape index (κ3) is 3.48. The van der Waals surface area contributed by atoms with E-state index >= 15 is 0 Å². The zero-order valence-corrected chi connectivity index (χ0v) is 14.5. The van der Waals surface area contributed by atoms with Crippen molar-refractivity contribution in [3.05, 3.63) is 64.2 Å². The second-order valence-electron chi connectivity index (χ2n) is 6.58. The van der Waals surface area contributed by atoms with E-state index in [1.165, 1.54) is 0 Å². The first-order chi connectivity index (χ1) is 11.2. The Labute approximate surface area is 142 Å². The summed E-state index contributed by atoms with van der Waals surface area (Å²) in [5.41, 5.74) is 8.13. The molecule has 0 aliphatic carbocycles. The molecular weight excluding hydrogens is 302 g/mol. The molecule has 3 N–H and O–H groups in total. The predicted molar refractivity (Wildman–Crippen MR) is 94.7 cm³/mol. The number of hydrogen-bond acceptors (Lipinski definition) is 3. The fraction of sp³-hybridized carbons (Fsp3) is 0.300. The van der Waals surface area contributed by atoms with Crippen molar-refractivity contribution in [3.8, 4) is 5.75 Å². The molecular formula is C20H23NO3. The molecule has 0 saturated carbocycles. The molecule has 4 heteroatoms. The maximum atomic E-state index is 12.8. The molecule has 0 aliphatic heterocycles. The van der Waals surface area contributed by atoms with Gasteiger partial charge < -0.3 is 10.8 Å². The molecule has 2 aromatic carbocycles. The second-order valence-corrected chi connectivity index (χ2v) is 6.58. The van der Waals surface area contributed by atoms with Gasteiger partial charge in [-0.25, -0.2) is 0 Å². The number of carbonyl (C=O) groups is 2. The Bertz CT molecular complexity index is 745. The molecule has 126 valence electrons. The fourth-order valence-electron chi connectivity index (χ4n) is 2.64. The van der Waals surface area contributed by atoms with Crippen molar-refractivity contribution in [2.24, 2.45) is 5.73 Å². The van der Waals surface area contributed by atoms with E-state index in [2.05, 4.69) is 0 Å². The Morgan fingerprint density at radius 3 is 1.62 bits per heavy atom. The highest BCUT2D eigenvalue weighted by atomic mass is 16.3. The van der Waals surface area contributed by atoms with Crippen LogP contribution in [0.15, 0.2) is 36.4 Å². The molecule has 0 aliphatic rings. The highest BCUT2D eigenvalue weighted by molar-refractivity contribution is 6.09. The monoisotopic (exact) mass is 325 g/mol. The predicted octanol–water partition coefficient (Wildman–Crippen LogP) is 3.97. The van der Waals surface area contributed by atoms with Crippen LogP contribution in [0.4, 0.5) is 0 Å². The molecule has 0 spiro atoms. The maximum absolute atomic E-state index is 12.8. The van der Waals surface area contributed by atoms with Gasteiger partial charge in [-0.05, 0) is 47.2 Å². The van der Waals surface area contributed by atoms with Crippen molar-refractivity contribution in [1.82, 2.24) is 0 Å². The number of aromatic hydroxyl groups is 1. The van der Waals surface area contributed by atoms with Crippen LogP contribution >= 0.6 is 0 Å². The minimum atomic E-state index is -0.525. The van der Waals surface area contributed by atoms with Crippen LogP contribution in [-0.4, -0.2) is 16.8 Å². The van der Waals surface area contributed by atoms with Gasteiger partial charge in [0.1, 0.15) is 5.75 Å². The third-order valence-electron chi connectivity index (χ3n) is 4.11. The quantitative estimate of drug-likeness (QED) is 0.816. The number of ketones is 1. The average Bonchev–Trinajstić information content (AvgIpc) is 2.53. The first-order valence-electron chi connectivity index (χ1n) is 8.03. The summed E-state index contributed by atoms with van der Waals surface area (Å²) in [6.07, 6.45) is 0. The highest BCUT2D eigenvalue weighted by Gasteiger charge is 2.19. The molecule has 2 aromatic rings. The van der Waals surface area contributed by atoms with E-state index in [9.17, 15) is 14.7 Å². The molecule has 24 heavy (non-hydrogen) atoms. The van der Waals surface area contributed by atoms with Crippen LogP contribution in [0.3, 0.4) is 0 Å². The number of rotatable bonds is 5. The zero-order chi connectivity index (χ0) is 18.0. The number of phenols is 1. The molecule has 4 nitrogen and oxygen atoms in total. The molecule has 0 aromatic heterocycles. The van der Waals surface area contributed by atoms with Crippen molar-refractivity contribution in [2.45, 2.75) is 39.5 Å².